The summed E-state index contributed by atoms with van der Waals surface area (Å²) in [5, 5.41) is 8.70. The van der Waals surface area contributed by atoms with Crippen molar-refractivity contribution in [3.05, 3.63) is 39.0 Å². The molecule has 10 heteroatoms. The normalized spacial score (nSPS) is 12.0. The third-order valence-corrected chi connectivity index (χ3v) is 4.94. The van der Waals surface area contributed by atoms with E-state index in [2.05, 4.69) is 4.98 Å². The topological polar surface area (TPSA) is 130 Å². The van der Waals surface area contributed by atoms with Gasteiger partial charge in [0.05, 0.1) is 15.8 Å². The van der Waals surface area contributed by atoms with Gasteiger partial charge in [0.2, 0.25) is 10.0 Å². The van der Waals surface area contributed by atoms with Gasteiger partial charge in [-0.2, -0.15) is 4.31 Å². The number of nitrogens with zero attached hydrogens (tertiary/aromatic N) is 2. The number of hydrogen-bond donors (Lipinski definition) is 2. The highest BCUT2D eigenvalue weighted by Crippen LogP contribution is 2.17. The molecule has 0 spiro atoms. The molecular formula is C12H13N3O6S. The van der Waals surface area contributed by atoms with E-state index in [9.17, 15) is 22.8 Å². The van der Waals surface area contributed by atoms with Crippen molar-refractivity contribution in [1.82, 2.24) is 13.9 Å². The average molecular weight is 327 g/mol. The number of nitrogens with one attached hydrogen (secondary N) is 1. The maximum absolute atomic E-state index is 12.3. The molecule has 0 aliphatic heterocycles. The zero-order valence-corrected chi connectivity index (χ0v) is 12.5. The zero-order valence-electron chi connectivity index (χ0n) is 11.7. The first kappa shape index (κ1) is 15.9. The van der Waals surface area contributed by atoms with Gasteiger partial charge in [-0.25, -0.2) is 13.2 Å². The van der Waals surface area contributed by atoms with Crippen LogP contribution in [-0.4, -0.2) is 46.9 Å². The number of aliphatic carboxylic acids is 1. The minimum atomic E-state index is -4.05. The molecule has 2 N–H and O–H groups in total. The lowest BCUT2D eigenvalue weighted by Gasteiger charge is -2.15. The first-order chi connectivity index (χ1) is 10.1. The Kier molecular flexibility index (Phi) is 3.90. The molecule has 0 unspecified atom stereocenters. The molecule has 1 aromatic heterocycles. The Balaban J connectivity index is 2.66. The highest BCUT2D eigenvalue weighted by Gasteiger charge is 2.23. The molecule has 0 aliphatic rings. The molecule has 118 valence electrons. The van der Waals surface area contributed by atoms with Crippen LogP contribution < -0.4 is 11.2 Å². The van der Waals surface area contributed by atoms with E-state index in [1.54, 1.807) is 0 Å². The molecule has 22 heavy (non-hydrogen) atoms. The number of benzene rings is 1. The predicted octanol–water partition coefficient (Wildman–Crippen LogP) is -1.07. The highest BCUT2D eigenvalue weighted by atomic mass is 32.2. The second-order valence-electron chi connectivity index (χ2n) is 4.66. The fraction of sp³-hybridized carbons (Fsp3) is 0.250. The van der Waals surface area contributed by atoms with Crippen molar-refractivity contribution < 1.29 is 18.3 Å². The number of carboxylic acid groups (broad SMARTS) is 1. The van der Waals surface area contributed by atoms with Crippen LogP contribution in [0.4, 0.5) is 0 Å². The van der Waals surface area contributed by atoms with E-state index in [1.165, 1.54) is 19.2 Å². The highest BCUT2D eigenvalue weighted by molar-refractivity contribution is 7.89. The molecule has 0 saturated heterocycles. The molecule has 2 aromatic rings. The molecule has 0 atom stereocenters. The predicted molar refractivity (Wildman–Crippen MR) is 77.3 cm³/mol. The van der Waals surface area contributed by atoms with Crippen molar-refractivity contribution in [1.29, 1.82) is 0 Å². The van der Waals surface area contributed by atoms with E-state index in [1.807, 2.05) is 0 Å². The maximum atomic E-state index is 12.3. The third kappa shape index (κ3) is 2.65. The van der Waals surface area contributed by atoms with Gasteiger partial charge >= 0.3 is 11.7 Å². The third-order valence-electron chi connectivity index (χ3n) is 3.14. The molecule has 0 radical (unpaired) electrons. The fourth-order valence-corrected chi connectivity index (χ4v) is 3.04. The molecule has 0 aliphatic carbocycles. The van der Waals surface area contributed by atoms with Gasteiger partial charge in [-0.15, -0.1) is 0 Å². The lowest BCUT2D eigenvalue weighted by Crippen LogP contribution is -2.33. The lowest BCUT2D eigenvalue weighted by molar-refractivity contribution is -0.137. The second kappa shape index (κ2) is 5.39. The molecule has 0 bridgehead atoms. The van der Waals surface area contributed by atoms with Crippen LogP contribution in [0.2, 0.25) is 0 Å². The molecule has 9 nitrogen and oxygen atoms in total. The van der Waals surface area contributed by atoms with Gasteiger partial charge in [-0.3, -0.25) is 14.2 Å². The summed E-state index contributed by atoms with van der Waals surface area (Å²) in [5.41, 5.74) is -1.05. The summed E-state index contributed by atoms with van der Waals surface area (Å²) in [6.45, 7) is -0.704. The first-order valence-electron chi connectivity index (χ1n) is 6.06. The maximum Gasteiger partial charge on any atom is 0.328 e. The van der Waals surface area contributed by atoms with Crippen LogP contribution in [0.15, 0.2) is 32.7 Å². The number of H-pyrrole nitrogens is 1. The Labute approximate surface area is 124 Å². The smallest absolute Gasteiger partial charge is 0.328 e. The second-order valence-corrected chi connectivity index (χ2v) is 6.70. The summed E-state index contributed by atoms with van der Waals surface area (Å²) in [6.07, 6.45) is 0. The minimum absolute atomic E-state index is 0.0203. The quantitative estimate of drug-likeness (QED) is 0.735. The van der Waals surface area contributed by atoms with E-state index in [0.717, 1.165) is 17.7 Å². The van der Waals surface area contributed by atoms with Crippen molar-refractivity contribution >= 4 is 26.9 Å². The van der Waals surface area contributed by atoms with E-state index in [4.69, 9.17) is 5.11 Å². The number of fused-ring (bicyclic) bond motifs is 1. The summed E-state index contributed by atoms with van der Waals surface area (Å²) < 4.78 is 26.0. The molecular weight excluding hydrogens is 314 g/mol. The zero-order chi connectivity index (χ0) is 16.7. The standard InChI is InChI=1S/C12H13N3O6S/c1-14(6-10(16)17)22(20,21)7-3-4-9-8(5-7)11(18)15(2)12(19)13-9/h3-5H,6H2,1-2H3,(H,13,19)(H,16,17). The number of sulfonamides is 1. The van der Waals surface area contributed by atoms with Crippen molar-refractivity contribution in [2.75, 3.05) is 13.6 Å². The number of hydrogen-bond acceptors (Lipinski definition) is 5. The van der Waals surface area contributed by atoms with E-state index in [-0.39, 0.29) is 15.8 Å². The van der Waals surface area contributed by atoms with Crippen molar-refractivity contribution in [2.24, 2.45) is 7.05 Å². The molecule has 2 rings (SSSR count). The average Bonchev–Trinajstić information content (AvgIpc) is 2.43. The Morgan fingerprint density at radius 2 is 2.00 bits per heavy atom. The van der Waals surface area contributed by atoms with Crippen LogP contribution in [0.5, 0.6) is 0 Å². The van der Waals surface area contributed by atoms with Crippen LogP contribution in [-0.2, 0) is 21.9 Å². The number of carboxylic acids is 1. The molecule has 0 fully saturated rings. The van der Waals surface area contributed by atoms with Crippen LogP contribution in [0.25, 0.3) is 10.9 Å². The Bertz CT molecular complexity index is 972. The molecule has 1 heterocycles. The number of rotatable bonds is 4. The summed E-state index contributed by atoms with van der Waals surface area (Å²) in [5.74, 6) is -1.30. The summed E-state index contributed by atoms with van der Waals surface area (Å²) in [6, 6.07) is 3.60. The summed E-state index contributed by atoms with van der Waals surface area (Å²) >= 11 is 0. The number of carbonyl (C=O) groups is 1. The van der Waals surface area contributed by atoms with Gasteiger partial charge < -0.3 is 10.1 Å². The van der Waals surface area contributed by atoms with Crippen molar-refractivity contribution in [3.8, 4) is 0 Å². The Morgan fingerprint density at radius 3 is 2.59 bits per heavy atom. The van der Waals surface area contributed by atoms with E-state index >= 15 is 0 Å². The SMILES string of the molecule is CN(CC(=O)O)S(=O)(=O)c1ccc2[nH]c(=O)n(C)c(=O)c2c1. The summed E-state index contributed by atoms with van der Waals surface area (Å²) in [4.78, 5) is 36.3. The van der Waals surface area contributed by atoms with Crippen LogP contribution in [0, 0.1) is 0 Å². The van der Waals surface area contributed by atoms with Crippen LogP contribution in [0.1, 0.15) is 0 Å². The van der Waals surface area contributed by atoms with Gasteiger partial charge in [0, 0.05) is 14.1 Å². The summed E-state index contributed by atoms with van der Waals surface area (Å²) in [7, 11) is -1.67. The molecule has 0 amide bonds. The van der Waals surface area contributed by atoms with Gasteiger partial charge in [-0.1, -0.05) is 0 Å². The first-order valence-corrected chi connectivity index (χ1v) is 7.50. The number of aromatic nitrogens is 2. The molecule has 0 saturated carbocycles. The fourth-order valence-electron chi connectivity index (χ4n) is 1.90. The van der Waals surface area contributed by atoms with Gasteiger partial charge in [0.25, 0.3) is 5.56 Å². The monoisotopic (exact) mass is 327 g/mol. The van der Waals surface area contributed by atoms with Gasteiger partial charge in [-0.05, 0) is 18.2 Å². The van der Waals surface area contributed by atoms with Crippen LogP contribution >= 0.6 is 0 Å². The lowest BCUT2D eigenvalue weighted by atomic mass is 10.2. The largest absolute Gasteiger partial charge is 0.480 e. The van der Waals surface area contributed by atoms with Gasteiger partial charge in [0.15, 0.2) is 0 Å². The van der Waals surface area contributed by atoms with Crippen LogP contribution in [0.3, 0.4) is 0 Å². The number of aromatic amines is 1. The van der Waals surface area contributed by atoms with E-state index < -0.39 is 33.8 Å². The Hall–Kier alpha value is -2.46. The van der Waals surface area contributed by atoms with Crippen molar-refractivity contribution in [3.63, 3.8) is 0 Å². The van der Waals surface area contributed by atoms with Crippen molar-refractivity contribution in [2.45, 2.75) is 4.90 Å². The molecule has 1 aromatic carbocycles. The minimum Gasteiger partial charge on any atom is -0.480 e. The van der Waals surface area contributed by atoms with Gasteiger partial charge in [0.1, 0.15) is 6.54 Å². The van der Waals surface area contributed by atoms with E-state index in [0.29, 0.717) is 4.31 Å². The number of likely N-dealkylation sites (N-methyl/N-ethyl adjacent to an activating group) is 1. The Morgan fingerprint density at radius 1 is 1.36 bits per heavy atom.